The molecule has 0 aromatic heterocycles. The highest BCUT2D eigenvalue weighted by molar-refractivity contribution is 5.94. The second-order valence-electron chi connectivity index (χ2n) is 6.12. The fraction of sp³-hybridized carbons (Fsp3) is 0.316. The van der Waals surface area contributed by atoms with Crippen LogP contribution in [0.15, 0.2) is 42.5 Å². The number of carbonyl (C=O) groups is 1. The summed E-state index contributed by atoms with van der Waals surface area (Å²) in [5.74, 6) is -1.32. The Morgan fingerprint density at radius 2 is 1.80 bits per heavy atom. The highest BCUT2D eigenvalue weighted by atomic mass is 19.1. The summed E-state index contributed by atoms with van der Waals surface area (Å²) in [6.07, 6.45) is 1.52. The Kier molecular flexibility index (Phi) is 5.26. The Balaban J connectivity index is 1.50. The minimum atomic E-state index is -0.713. The summed E-state index contributed by atoms with van der Waals surface area (Å²) < 4.78 is 45.4. The van der Waals surface area contributed by atoms with Crippen LogP contribution < -0.4 is 4.74 Å². The van der Waals surface area contributed by atoms with E-state index in [1.54, 1.807) is 17.0 Å². The molecule has 1 aliphatic rings. The van der Waals surface area contributed by atoms with E-state index in [9.17, 15) is 18.0 Å². The fourth-order valence-corrected chi connectivity index (χ4v) is 2.96. The van der Waals surface area contributed by atoms with Crippen LogP contribution >= 0.6 is 0 Å². The lowest BCUT2D eigenvalue weighted by Crippen LogP contribution is -2.29. The van der Waals surface area contributed by atoms with Gasteiger partial charge in [0.15, 0.2) is 0 Å². The van der Waals surface area contributed by atoms with E-state index in [0.717, 1.165) is 31.0 Å². The van der Waals surface area contributed by atoms with Gasteiger partial charge in [0.1, 0.15) is 23.2 Å². The van der Waals surface area contributed by atoms with Crippen LogP contribution in [-0.4, -0.2) is 30.5 Å². The van der Waals surface area contributed by atoms with Crippen molar-refractivity contribution in [1.82, 2.24) is 4.90 Å². The molecule has 1 fully saturated rings. The predicted molar refractivity (Wildman–Crippen MR) is 86.9 cm³/mol. The van der Waals surface area contributed by atoms with E-state index < -0.39 is 17.5 Å². The molecule has 3 nitrogen and oxygen atoms in total. The number of carbonyl (C=O) groups excluding carboxylic acids is 1. The maximum Gasteiger partial charge on any atom is 0.256 e. The van der Waals surface area contributed by atoms with E-state index in [2.05, 4.69) is 0 Å². The van der Waals surface area contributed by atoms with Crippen LogP contribution in [0, 0.1) is 23.4 Å². The van der Waals surface area contributed by atoms with Gasteiger partial charge in [-0.25, -0.2) is 13.2 Å². The van der Waals surface area contributed by atoms with Crippen molar-refractivity contribution in [3.05, 3.63) is 65.5 Å². The van der Waals surface area contributed by atoms with E-state index in [0.29, 0.717) is 25.4 Å². The van der Waals surface area contributed by atoms with Gasteiger partial charge in [-0.2, -0.15) is 0 Å². The van der Waals surface area contributed by atoms with E-state index in [1.807, 2.05) is 0 Å². The van der Waals surface area contributed by atoms with Crippen LogP contribution in [0.2, 0.25) is 0 Å². The van der Waals surface area contributed by atoms with Gasteiger partial charge < -0.3 is 9.64 Å². The monoisotopic (exact) mass is 349 g/mol. The van der Waals surface area contributed by atoms with E-state index >= 15 is 0 Å². The van der Waals surface area contributed by atoms with Crippen LogP contribution in [0.4, 0.5) is 13.2 Å². The third-order valence-corrected chi connectivity index (χ3v) is 4.34. The average molecular weight is 349 g/mol. The molecule has 1 heterocycles. The highest BCUT2D eigenvalue weighted by Crippen LogP contribution is 2.23. The summed E-state index contributed by atoms with van der Waals surface area (Å²) in [6, 6.07) is 8.68. The molecule has 6 heteroatoms. The van der Waals surface area contributed by atoms with Crippen LogP contribution in [-0.2, 0) is 0 Å². The Labute approximate surface area is 144 Å². The molecule has 0 N–H and O–H groups in total. The van der Waals surface area contributed by atoms with Crippen molar-refractivity contribution in [3.8, 4) is 5.75 Å². The summed E-state index contributed by atoms with van der Waals surface area (Å²) in [4.78, 5) is 13.9. The number of halogens is 3. The summed E-state index contributed by atoms with van der Waals surface area (Å²) in [6.45, 7) is 1.45. The van der Waals surface area contributed by atoms with Crippen molar-refractivity contribution in [2.24, 2.45) is 5.92 Å². The van der Waals surface area contributed by atoms with E-state index in [4.69, 9.17) is 4.74 Å². The van der Waals surface area contributed by atoms with Gasteiger partial charge in [-0.05, 0) is 61.2 Å². The zero-order valence-corrected chi connectivity index (χ0v) is 13.6. The first kappa shape index (κ1) is 17.3. The third-order valence-electron chi connectivity index (χ3n) is 4.34. The molecule has 0 spiro atoms. The zero-order valence-electron chi connectivity index (χ0n) is 13.6. The molecule has 0 aliphatic carbocycles. The molecule has 2 aromatic carbocycles. The average Bonchev–Trinajstić information content (AvgIpc) is 3.07. The minimum absolute atomic E-state index is 0.233. The van der Waals surface area contributed by atoms with Crippen molar-refractivity contribution in [3.63, 3.8) is 0 Å². The summed E-state index contributed by atoms with van der Waals surface area (Å²) in [5.41, 5.74) is -0.233. The van der Waals surface area contributed by atoms with Crippen molar-refractivity contribution in [2.45, 2.75) is 12.8 Å². The topological polar surface area (TPSA) is 29.5 Å². The van der Waals surface area contributed by atoms with Gasteiger partial charge in [0, 0.05) is 13.1 Å². The first-order valence-electron chi connectivity index (χ1n) is 8.15. The molecular weight excluding hydrogens is 331 g/mol. The normalized spacial score (nSPS) is 16.9. The van der Waals surface area contributed by atoms with Gasteiger partial charge in [-0.3, -0.25) is 4.79 Å². The Hall–Kier alpha value is -2.50. The number of hydrogen-bond donors (Lipinski definition) is 0. The summed E-state index contributed by atoms with van der Waals surface area (Å²) >= 11 is 0. The Bertz CT molecular complexity index is 749. The predicted octanol–water partition coefficient (Wildman–Crippen LogP) is 4.04. The molecule has 1 saturated heterocycles. The molecule has 0 radical (unpaired) electrons. The first-order valence-corrected chi connectivity index (χ1v) is 8.15. The number of benzene rings is 2. The van der Waals surface area contributed by atoms with E-state index in [1.165, 1.54) is 12.1 Å². The van der Waals surface area contributed by atoms with Gasteiger partial charge in [0.05, 0.1) is 12.2 Å². The number of hydrogen-bond acceptors (Lipinski definition) is 2. The number of ether oxygens (including phenoxy) is 1. The smallest absolute Gasteiger partial charge is 0.256 e. The minimum Gasteiger partial charge on any atom is -0.494 e. The molecule has 2 aromatic rings. The maximum atomic E-state index is 13.7. The SMILES string of the molecule is O=C(c1cc(F)ccc1F)N1CCC(CCOc2ccc(F)cc2)C1. The Morgan fingerprint density at radius 1 is 1.08 bits per heavy atom. The van der Waals surface area contributed by atoms with Gasteiger partial charge in [-0.15, -0.1) is 0 Å². The number of nitrogens with zero attached hydrogens (tertiary/aromatic N) is 1. The second kappa shape index (κ2) is 7.59. The molecular formula is C19H18F3NO2. The molecule has 25 heavy (non-hydrogen) atoms. The lowest BCUT2D eigenvalue weighted by Gasteiger charge is -2.17. The highest BCUT2D eigenvalue weighted by Gasteiger charge is 2.28. The molecule has 132 valence electrons. The van der Waals surface area contributed by atoms with Crippen molar-refractivity contribution < 1.29 is 22.7 Å². The van der Waals surface area contributed by atoms with Crippen LogP contribution in [0.5, 0.6) is 5.75 Å². The number of amides is 1. The summed E-state index contributed by atoms with van der Waals surface area (Å²) in [5, 5.41) is 0. The first-order chi connectivity index (χ1) is 12.0. The standard InChI is InChI=1S/C19H18F3NO2/c20-14-1-4-16(5-2-14)25-10-8-13-7-9-23(12-13)19(24)17-11-15(21)3-6-18(17)22/h1-6,11,13H,7-10,12H2. The molecule has 0 bridgehead atoms. The lowest BCUT2D eigenvalue weighted by molar-refractivity contribution is 0.0780. The van der Waals surface area contributed by atoms with Gasteiger partial charge in [0.25, 0.3) is 5.91 Å². The van der Waals surface area contributed by atoms with Crippen LogP contribution in [0.1, 0.15) is 23.2 Å². The van der Waals surface area contributed by atoms with Crippen molar-refractivity contribution >= 4 is 5.91 Å². The Morgan fingerprint density at radius 3 is 2.56 bits per heavy atom. The molecule has 1 unspecified atom stereocenters. The molecule has 3 rings (SSSR count). The maximum absolute atomic E-state index is 13.7. The number of likely N-dealkylation sites (tertiary alicyclic amines) is 1. The van der Waals surface area contributed by atoms with Crippen LogP contribution in [0.3, 0.4) is 0 Å². The molecule has 0 saturated carbocycles. The van der Waals surface area contributed by atoms with Gasteiger partial charge >= 0.3 is 0 Å². The quantitative estimate of drug-likeness (QED) is 0.815. The van der Waals surface area contributed by atoms with Crippen molar-refractivity contribution in [2.75, 3.05) is 19.7 Å². The summed E-state index contributed by atoms with van der Waals surface area (Å²) in [7, 11) is 0. The fourth-order valence-electron chi connectivity index (χ4n) is 2.96. The largest absolute Gasteiger partial charge is 0.494 e. The molecule has 1 amide bonds. The van der Waals surface area contributed by atoms with Gasteiger partial charge in [0.2, 0.25) is 0 Å². The second-order valence-corrected chi connectivity index (χ2v) is 6.12. The van der Waals surface area contributed by atoms with E-state index in [-0.39, 0.29) is 17.3 Å². The molecule has 1 atom stereocenters. The third kappa shape index (κ3) is 4.32. The number of rotatable bonds is 5. The zero-order chi connectivity index (χ0) is 17.8. The van der Waals surface area contributed by atoms with Crippen molar-refractivity contribution in [1.29, 1.82) is 0 Å². The van der Waals surface area contributed by atoms with Crippen LogP contribution in [0.25, 0.3) is 0 Å². The molecule has 1 aliphatic heterocycles. The lowest BCUT2D eigenvalue weighted by atomic mass is 10.1. The van der Waals surface area contributed by atoms with Gasteiger partial charge in [-0.1, -0.05) is 0 Å².